The Balaban J connectivity index is 2.07. The molecule has 0 unspecified atom stereocenters. The zero-order chi connectivity index (χ0) is 13.0. The van der Waals surface area contributed by atoms with Crippen molar-refractivity contribution >= 4 is 21.8 Å². The molecule has 5 heteroatoms. The summed E-state index contributed by atoms with van der Waals surface area (Å²) in [5, 5.41) is 0. The van der Waals surface area contributed by atoms with Crippen LogP contribution in [0.5, 0.6) is 0 Å². The molecule has 0 radical (unpaired) electrons. The van der Waals surface area contributed by atoms with Gasteiger partial charge >= 0.3 is 0 Å². The van der Waals surface area contributed by atoms with Crippen LogP contribution in [-0.2, 0) is 6.54 Å². The van der Waals surface area contributed by atoms with Crippen LogP contribution in [0.25, 0.3) is 0 Å². The van der Waals surface area contributed by atoms with Crippen LogP contribution in [0.15, 0.2) is 47.3 Å². The smallest absolute Gasteiger partial charge is 0.272 e. The minimum Gasteiger partial charge on any atom is -0.336 e. The van der Waals surface area contributed by atoms with E-state index >= 15 is 0 Å². The molecule has 2 heterocycles. The molecule has 0 spiro atoms. The first-order valence-electron chi connectivity index (χ1n) is 5.43. The lowest BCUT2D eigenvalue weighted by Gasteiger charge is -2.16. The molecule has 0 aliphatic heterocycles. The summed E-state index contributed by atoms with van der Waals surface area (Å²) in [6, 6.07) is 7.29. The Bertz CT molecular complexity index is 528. The van der Waals surface area contributed by atoms with Crippen molar-refractivity contribution in [2.75, 3.05) is 7.05 Å². The van der Waals surface area contributed by atoms with Crippen LogP contribution in [0.1, 0.15) is 16.1 Å². The van der Waals surface area contributed by atoms with Crippen LogP contribution in [0.2, 0.25) is 0 Å². The lowest BCUT2D eigenvalue weighted by Crippen LogP contribution is -2.26. The molecule has 0 aromatic carbocycles. The molecule has 0 aliphatic carbocycles. The summed E-state index contributed by atoms with van der Waals surface area (Å²) < 4.78 is 0.857. The number of nitrogens with zero attached hydrogens (tertiary/aromatic N) is 3. The van der Waals surface area contributed by atoms with E-state index in [1.54, 1.807) is 42.7 Å². The van der Waals surface area contributed by atoms with Gasteiger partial charge in [0, 0.05) is 36.7 Å². The summed E-state index contributed by atoms with van der Waals surface area (Å²) in [4.78, 5) is 21.8. The number of hydrogen-bond donors (Lipinski definition) is 0. The van der Waals surface area contributed by atoms with E-state index in [0.29, 0.717) is 12.2 Å². The fourth-order valence-electron chi connectivity index (χ4n) is 1.53. The molecular formula is C13H12BrN3O. The Hall–Kier alpha value is -1.75. The second-order valence-corrected chi connectivity index (χ2v) is 4.79. The topological polar surface area (TPSA) is 46.1 Å². The maximum Gasteiger partial charge on any atom is 0.272 e. The van der Waals surface area contributed by atoms with Gasteiger partial charge in [0.15, 0.2) is 0 Å². The van der Waals surface area contributed by atoms with Crippen LogP contribution in [0.4, 0.5) is 0 Å². The van der Waals surface area contributed by atoms with Crippen molar-refractivity contribution in [1.29, 1.82) is 0 Å². The molecule has 0 bridgehead atoms. The van der Waals surface area contributed by atoms with Gasteiger partial charge in [-0.05, 0) is 45.8 Å². The first kappa shape index (κ1) is 12.7. The molecule has 92 valence electrons. The molecule has 0 N–H and O–H groups in total. The van der Waals surface area contributed by atoms with Crippen molar-refractivity contribution in [1.82, 2.24) is 14.9 Å². The predicted molar refractivity (Wildman–Crippen MR) is 72.0 cm³/mol. The van der Waals surface area contributed by atoms with Gasteiger partial charge in [-0.25, -0.2) is 4.98 Å². The monoisotopic (exact) mass is 305 g/mol. The average molecular weight is 306 g/mol. The van der Waals surface area contributed by atoms with E-state index in [4.69, 9.17) is 0 Å². The van der Waals surface area contributed by atoms with Gasteiger partial charge in [-0.15, -0.1) is 0 Å². The minimum atomic E-state index is -0.0979. The van der Waals surface area contributed by atoms with Crippen molar-refractivity contribution in [3.8, 4) is 0 Å². The van der Waals surface area contributed by atoms with Gasteiger partial charge in [-0.1, -0.05) is 0 Å². The summed E-state index contributed by atoms with van der Waals surface area (Å²) in [6.07, 6.45) is 5.05. The van der Waals surface area contributed by atoms with Crippen LogP contribution in [-0.4, -0.2) is 27.8 Å². The van der Waals surface area contributed by atoms with Gasteiger partial charge in [0.2, 0.25) is 0 Å². The van der Waals surface area contributed by atoms with Crippen molar-refractivity contribution in [3.05, 3.63) is 58.6 Å². The van der Waals surface area contributed by atoms with Crippen molar-refractivity contribution in [3.63, 3.8) is 0 Å². The SMILES string of the molecule is CN(Cc1ccncc1)C(=O)c1ccc(Br)cn1. The second-order valence-electron chi connectivity index (χ2n) is 3.88. The van der Waals surface area contributed by atoms with Gasteiger partial charge in [0.1, 0.15) is 5.69 Å². The molecule has 2 aromatic heterocycles. The largest absolute Gasteiger partial charge is 0.336 e. The summed E-state index contributed by atoms with van der Waals surface area (Å²) in [6.45, 7) is 0.541. The number of aromatic nitrogens is 2. The number of rotatable bonds is 3. The Labute approximate surface area is 114 Å². The zero-order valence-electron chi connectivity index (χ0n) is 9.88. The third-order valence-electron chi connectivity index (χ3n) is 2.46. The molecule has 1 amide bonds. The Morgan fingerprint density at radius 2 is 2.00 bits per heavy atom. The van der Waals surface area contributed by atoms with Crippen LogP contribution in [0, 0.1) is 0 Å². The first-order valence-corrected chi connectivity index (χ1v) is 6.22. The lowest BCUT2D eigenvalue weighted by atomic mass is 10.2. The summed E-state index contributed by atoms with van der Waals surface area (Å²) in [5.41, 5.74) is 1.48. The highest BCUT2D eigenvalue weighted by atomic mass is 79.9. The Morgan fingerprint density at radius 3 is 2.61 bits per heavy atom. The first-order chi connectivity index (χ1) is 8.66. The maximum atomic E-state index is 12.1. The van der Waals surface area contributed by atoms with Crippen molar-refractivity contribution in [2.45, 2.75) is 6.54 Å². The maximum absolute atomic E-state index is 12.1. The minimum absolute atomic E-state index is 0.0979. The van der Waals surface area contributed by atoms with Crippen LogP contribution in [0.3, 0.4) is 0 Å². The number of carbonyl (C=O) groups excluding carboxylic acids is 1. The zero-order valence-corrected chi connectivity index (χ0v) is 11.5. The Kier molecular flexibility index (Phi) is 4.04. The highest BCUT2D eigenvalue weighted by Crippen LogP contribution is 2.10. The number of carbonyl (C=O) groups is 1. The standard InChI is InChI=1S/C13H12BrN3O/c1-17(9-10-4-6-15-7-5-10)13(18)12-3-2-11(14)8-16-12/h2-8H,9H2,1H3. The number of hydrogen-bond acceptors (Lipinski definition) is 3. The molecule has 0 fully saturated rings. The van der Waals surface area contributed by atoms with E-state index in [1.165, 1.54) is 0 Å². The molecule has 0 saturated carbocycles. The van der Waals surface area contributed by atoms with E-state index in [9.17, 15) is 4.79 Å². The van der Waals surface area contributed by atoms with Crippen LogP contribution < -0.4 is 0 Å². The third kappa shape index (κ3) is 3.13. The molecule has 0 saturated heterocycles. The normalized spacial score (nSPS) is 10.1. The third-order valence-corrected chi connectivity index (χ3v) is 2.93. The fraction of sp³-hybridized carbons (Fsp3) is 0.154. The Morgan fingerprint density at radius 1 is 1.28 bits per heavy atom. The van der Waals surface area contributed by atoms with E-state index in [-0.39, 0.29) is 5.91 Å². The van der Waals surface area contributed by atoms with Gasteiger partial charge < -0.3 is 4.90 Å². The molecule has 4 nitrogen and oxygen atoms in total. The highest BCUT2D eigenvalue weighted by molar-refractivity contribution is 9.10. The lowest BCUT2D eigenvalue weighted by molar-refractivity contribution is 0.0779. The van der Waals surface area contributed by atoms with Gasteiger partial charge in [-0.2, -0.15) is 0 Å². The highest BCUT2D eigenvalue weighted by Gasteiger charge is 2.12. The van der Waals surface area contributed by atoms with Gasteiger partial charge in [0.05, 0.1) is 0 Å². The summed E-state index contributed by atoms with van der Waals surface area (Å²) in [7, 11) is 1.76. The van der Waals surface area contributed by atoms with E-state index in [2.05, 4.69) is 25.9 Å². The predicted octanol–water partition coefficient (Wildman–Crippen LogP) is 2.51. The van der Waals surface area contributed by atoms with Gasteiger partial charge in [-0.3, -0.25) is 9.78 Å². The molecule has 2 aromatic rings. The number of pyridine rings is 2. The van der Waals surface area contributed by atoms with Crippen molar-refractivity contribution in [2.24, 2.45) is 0 Å². The quantitative estimate of drug-likeness (QED) is 0.875. The molecule has 18 heavy (non-hydrogen) atoms. The molecule has 0 atom stereocenters. The number of halogens is 1. The summed E-state index contributed by atoms with van der Waals surface area (Å²) in [5.74, 6) is -0.0979. The van der Waals surface area contributed by atoms with Gasteiger partial charge in [0.25, 0.3) is 5.91 Å². The fourth-order valence-corrected chi connectivity index (χ4v) is 1.77. The van der Waals surface area contributed by atoms with E-state index in [0.717, 1.165) is 10.0 Å². The van der Waals surface area contributed by atoms with Crippen molar-refractivity contribution < 1.29 is 4.79 Å². The molecule has 0 aliphatic rings. The second kappa shape index (κ2) is 5.73. The van der Waals surface area contributed by atoms with Crippen LogP contribution >= 0.6 is 15.9 Å². The summed E-state index contributed by atoms with van der Waals surface area (Å²) >= 11 is 3.29. The molecular weight excluding hydrogens is 294 g/mol. The van der Waals surface area contributed by atoms with E-state index < -0.39 is 0 Å². The molecule has 2 rings (SSSR count). The number of amides is 1. The van der Waals surface area contributed by atoms with E-state index in [1.807, 2.05) is 12.1 Å². The average Bonchev–Trinajstić information content (AvgIpc) is 2.40.